The zero-order valence-corrected chi connectivity index (χ0v) is 14.0. The number of benzene rings is 1. The monoisotopic (exact) mass is 330 g/mol. The third-order valence-electron chi connectivity index (χ3n) is 4.10. The largest absolute Gasteiger partial charge is 0.367 e. The molecule has 1 aromatic carbocycles. The van der Waals surface area contributed by atoms with Crippen LogP contribution in [0.5, 0.6) is 0 Å². The summed E-state index contributed by atoms with van der Waals surface area (Å²) in [7, 11) is 0. The third-order valence-corrected chi connectivity index (χ3v) is 4.80. The van der Waals surface area contributed by atoms with Gasteiger partial charge in [0.05, 0.1) is 18.7 Å². The van der Waals surface area contributed by atoms with Crippen LogP contribution in [0.25, 0.3) is 0 Å². The molecule has 2 heterocycles. The Bertz CT molecular complexity index is 630. The Morgan fingerprint density at radius 1 is 1.35 bits per heavy atom. The first-order chi connectivity index (χ1) is 11.1. The SMILES string of the molecule is C[C@@H]1CN(C(=O)[C@@H](N)Cc2ccccc2)C[C@H](c2ccsc2)O1. The van der Waals surface area contributed by atoms with Gasteiger partial charge in [-0.05, 0) is 41.3 Å². The smallest absolute Gasteiger partial charge is 0.240 e. The summed E-state index contributed by atoms with van der Waals surface area (Å²) in [4.78, 5) is 14.6. The van der Waals surface area contributed by atoms with Crippen LogP contribution in [0.1, 0.15) is 24.2 Å². The van der Waals surface area contributed by atoms with Crippen LogP contribution in [0.4, 0.5) is 0 Å². The van der Waals surface area contributed by atoms with E-state index in [-0.39, 0.29) is 18.1 Å². The van der Waals surface area contributed by atoms with Gasteiger partial charge in [-0.25, -0.2) is 0 Å². The number of nitrogens with two attached hydrogens (primary N) is 1. The molecule has 0 radical (unpaired) electrons. The van der Waals surface area contributed by atoms with Crippen LogP contribution in [0.15, 0.2) is 47.2 Å². The Balaban J connectivity index is 1.66. The van der Waals surface area contributed by atoms with Crippen LogP contribution >= 0.6 is 11.3 Å². The molecule has 1 aliphatic rings. The van der Waals surface area contributed by atoms with Gasteiger partial charge in [-0.1, -0.05) is 30.3 Å². The second-order valence-electron chi connectivity index (χ2n) is 6.03. The molecule has 2 N–H and O–H groups in total. The number of rotatable bonds is 4. The quantitative estimate of drug-likeness (QED) is 0.937. The van der Waals surface area contributed by atoms with Crippen molar-refractivity contribution in [3.63, 3.8) is 0 Å². The average Bonchev–Trinajstić information content (AvgIpc) is 3.09. The highest BCUT2D eigenvalue weighted by Gasteiger charge is 2.31. The normalized spacial score (nSPS) is 22.8. The van der Waals surface area contributed by atoms with E-state index in [0.717, 1.165) is 11.1 Å². The number of carbonyl (C=O) groups is 1. The third kappa shape index (κ3) is 3.99. The van der Waals surface area contributed by atoms with Crippen LogP contribution < -0.4 is 5.73 Å². The standard InChI is InChI=1S/C18H22N2O2S/c1-13-10-20(11-17(22-13)15-7-8-23-12-15)18(21)16(19)9-14-5-3-2-4-6-14/h2-8,12-13,16-17H,9-11,19H2,1H3/t13-,16+,17-/m1/s1. The highest BCUT2D eigenvalue weighted by molar-refractivity contribution is 7.07. The van der Waals surface area contributed by atoms with Crippen LogP contribution in [0.2, 0.25) is 0 Å². The Labute approximate surface area is 140 Å². The van der Waals surface area contributed by atoms with Gasteiger partial charge in [-0.15, -0.1) is 0 Å². The minimum Gasteiger partial charge on any atom is -0.367 e. The first-order valence-corrected chi connectivity index (χ1v) is 8.83. The van der Waals surface area contributed by atoms with Gasteiger partial charge in [0, 0.05) is 6.54 Å². The summed E-state index contributed by atoms with van der Waals surface area (Å²) in [6.45, 7) is 3.17. The lowest BCUT2D eigenvalue weighted by molar-refractivity contribution is -0.146. The zero-order valence-electron chi connectivity index (χ0n) is 13.2. The van der Waals surface area contributed by atoms with E-state index in [0.29, 0.717) is 19.5 Å². The van der Waals surface area contributed by atoms with E-state index in [9.17, 15) is 4.79 Å². The number of carbonyl (C=O) groups excluding carboxylic acids is 1. The Morgan fingerprint density at radius 2 is 2.13 bits per heavy atom. The molecule has 1 fully saturated rings. The first kappa shape index (κ1) is 16.2. The molecule has 5 heteroatoms. The van der Waals surface area contributed by atoms with Crippen LogP contribution in [0.3, 0.4) is 0 Å². The number of nitrogens with zero attached hydrogens (tertiary/aromatic N) is 1. The van der Waals surface area contributed by atoms with Crippen LogP contribution in [0, 0.1) is 0 Å². The van der Waals surface area contributed by atoms with E-state index in [1.807, 2.05) is 47.5 Å². The van der Waals surface area contributed by atoms with Crippen LogP contribution in [-0.4, -0.2) is 36.0 Å². The molecule has 0 unspecified atom stereocenters. The summed E-state index contributed by atoms with van der Waals surface area (Å²) < 4.78 is 5.98. The maximum atomic E-state index is 12.7. The predicted molar refractivity (Wildman–Crippen MR) is 92.3 cm³/mol. The van der Waals surface area contributed by atoms with Crippen molar-refractivity contribution in [3.8, 4) is 0 Å². The van der Waals surface area contributed by atoms with Crippen molar-refractivity contribution in [2.75, 3.05) is 13.1 Å². The van der Waals surface area contributed by atoms with Gasteiger partial charge in [-0.3, -0.25) is 4.79 Å². The van der Waals surface area contributed by atoms with E-state index in [4.69, 9.17) is 10.5 Å². The zero-order chi connectivity index (χ0) is 16.2. The highest BCUT2D eigenvalue weighted by Crippen LogP contribution is 2.27. The van der Waals surface area contributed by atoms with Gasteiger partial charge in [0.2, 0.25) is 5.91 Å². The minimum absolute atomic E-state index is 0.00392. The topological polar surface area (TPSA) is 55.6 Å². The van der Waals surface area contributed by atoms with Crippen molar-refractivity contribution in [1.29, 1.82) is 0 Å². The summed E-state index contributed by atoms with van der Waals surface area (Å²) in [5.74, 6) is 0.00392. The highest BCUT2D eigenvalue weighted by atomic mass is 32.1. The maximum absolute atomic E-state index is 12.7. The van der Waals surface area contributed by atoms with E-state index in [1.165, 1.54) is 0 Å². The number of hydrogen-bond acceptors (Lipinski definition) is 4. The minimum atomic E-state index is -0.508. The number of hydrogen-bond donors (Lipinski definition) is 1. The molecule has 3 atom stereocenters. The fourth-order valence-corrected chi connectivity index (χ4v) is 3.67. The summed E-state index contributed by atoms with van der Waals surface area (Å²) in [5.41, 5.74) is 8.38. The Hall–Kier alpha value is -1.69. The fraction of sp³-hybridized carbons (Fsp3) is 0.389. The molecule has 3 rings (SSSR count). The molecule has 0 saturated carbocycles. The fourth-order valence-electron chi connectivity index (χ4n) is 2.96. The Morgan fingerprint density at radius 3 is 2.83 bits per heavy atom. The van der Waals surface area contributed by atoms with Crippen LogP contribution in [-0.2, 0) is 16.0 Å². The van der Waals surface area contributed by atoms with E-state index >= 15 is 0 Å². The number of thiophene rings is 1. The molecule has 1 aromatic heterocycles. The average molecular weight is 330 g/mol. The van der Waals surface area contributed by atoms with Crippen molar-refractivity contribution in [2.24, 2.45) is 5.73 Å². The molecule has 122 valence electrons. The maximum Gasteiger partial charge on any atom is 0.240 e. The molecular weight excluding hydrogens is 308 g/mol. The van der Waals surface area contributed by atoms with E-state index in [1.54, 1.807) is 11.3 Å². The van der Waals surface area contributed by atoms with Gasteiger partial charge in [0.15, 0.2) is 0 Å². The molecule has 0 spiro atoms. The van der Waals surface area contributed by atoms with Crippen molar-refractivity contribution in [3.05, 3.63) is 58.3 Å². The van der Waals surface area contributed by atoms with E-state index < -0.39 is 6.04 Å². The number of amides is 1. The summed E-state index contributed by atoms with van der Waals surface area (Å²) in [6, 6.07) is 11.5. The van der Waals surface area contributed by atoms with Gasteiger partial charge >= 0.3 is 0 Å². The lowest BCUT2D eigenvalue weighted by Gasteiger charge is -2.37. The second kappa shape index (κ2) is 7.25. The van der Waals surface area contributed by atoms with Crippen molar-refractivity contribution < 1.29 is 9.53 Å². The predicted octanol–water partition coefficient (Wildman–Crippen LogP) is 2.61. The first-order valence-electron chi connectivity index (χ1n) is 7.89. The summed E-state index contributed by atoms with van der Waals surface area (Å²) in [6.07, 6.45) is 0.522. The molecule has 0 aliphatic carbocycles. The van der Waals surface area contributed by atoms with E-state index in [2.05, 4.69) is 11.4 Å². The van der Waals surface area contributed by atoms with Crippen molar-refractivity contribution in [2.45, 2.75) is 31.6 Å². The second-order valence-corrected chi connectivity index (χ2v) is 6.81. The molecular formula is C18H22N2O2S. The molecule has 23 heavy (non-hydrogen) atoms. The number of ether oxygens (including phenoxy) is 1. The van der Waals surface area contributed by atoms with Gasteiger partial charge < -0.3 is 15.4 Å². The lowest BCUT2D eigenvalue weighted by atomic mass is 10.0. The van der Waals surface area contributed by atoms with Crippen molar-refractivity contribution >= 4 is 17.2 Å². The molecule has 4 nitrogen and oxygen atoms in total. The molecule has 0 bridgehead atoms. The molecule has 1 aliphatic heterocycles. The summed E-state index contributed by atoms with van der Waals surface area (Å²) in [5, 5.41) is 4.11. The van der Waals surface area contributed by atoms with Gasteiger partial charge in [0.1, 0.15) is 6.10 Å². The number of morpholine rings is 1. The summed E-state index contributed by atoms with van der Waals surface area (Å²) >= 11 is 1.64. The molecule has 2 aromatic rings. The van der Waals surface area contributed by atoms with Gasteiger partial charge in [0.25, 0.3) is 0 Å². The Kier molecular flexibility index (Phi) is 5.10. The lowest BCUT2D eigenvalue weighted by Crippen LogP contribution is -2.52. The molecule has 1 saturated heterocycles. The van der Waals surface area contributed by atoms with Gasteiger partial charge in [-0.2, -0.15) is 11.3 Å². The molecule has 1 amide bonds. The van der Waals surface area contributed by atoms with Crippen molar-refractivity contribution in [1.82, 2.24) is 4.90 Å².